The number of halogens is 1. The van der Waals surface area contributed by atoms with E-state index in [-0.39, 0.29) is 24.0 Å². The van der Waals surface area contributed by atoms with Crippen LogP contribution >= 0.6 is 24.0 Å². The Hall–Kier alpha value is -1.13. The quantitative estimate of drug-likeness (QED) is 0.282. The molecule has 1 unspecified atom stereocenters. The predicted molar refractivity (Wildman–Crippen MR) is 129 cm³/mol. The summed E-state index contributed by atoms with van der Waals surface area (Å²) in [6.07, 6.45) is 3.99. The van der Waals surface area contributed by atoms with Crippen LogP contribution in [0.2, 0.25) is 0 Å². The first-order valence-corrected chi connectivity index (χ1v) is 10.5. The number of nitrogens with zero attached hydrogens (tertiary/aromatic N) is 3. The molecule has 1 aromatic heterocycles. The summed E-state index contributed by atoms with van der Waals surface area (Å²) in [5.74, 6) is 2.15. The standard InChI is InChI=1S/C21H37N5O2.HI/c1-5-10-28-20-7-6-18(14-23-20)15-24-21(22-4)25-16-19(13-17(2)3)26-8-11-27-12-9-26;/h6-7,14,17,19H,5,8-13,15-16H2,1-4H3,(H2,22,24,25);1H. The fourth-order valence-electron chi connectivity index (χ4n) is 3.28. The van der Waals surface area contributed by atoms with Crippen LogP contribution in [0.1, 0.15) is 39.2 Å². The summed E-state index contributed by atoms with van der Waals surface area (Å²) in [7, 11) is 1.81. The maximum atomic E-state index is 5.53. The van der Waals surface area contributed by atoms with Crippen molar-refractivity contribution in [2.45, 2.75) is 46.2 Å². The zero-order chi connectivity index (χ0) is 20.2. The molecule has 0 radical (unpaired) electrons. The van der Waals surface area contributed by atoms with Gasteiger partial charge < -0.3 is 20.1 Å². The first-order chi connectivity index (χ1) is 13.6. The Bertz CT molecular complexity index is 577. The van der Waals surface area contributed by atoms with Gasteiger partial charge in [0.1, 0.15) is 0 Å². The number of aromatic nitrogens is 1. The minimum atomic E-state index is 0. The second-order valence-corrected chi connectivity index (χ2v) is 7.59. The number of aliphatic imine (C=N–C) groups is 1. The summed E-state index contributed by atoms with van der Waals surface area (Å²) in [5, 5.41) is 6.87. The van der Waals surface area contributed by atoms with Crippen LogP contribution in [0.15, 0.2) is 23.3 Å². The van der Waals surface area contributed by atoms with Crippen LogP contribution in [0.3, 0.4) is 0 Å². The lowest BCUT2D eigenvalue weighted by Gasteiger charge is -2.35. The summed E-state index contributed by atoms with van der Waals surface area (Å²) in [6.45, 7) is 12.5. The van der Waals surface area contributed by atoms with Gasteiger partial charge in [0.2, 0.25) is 5.88 Å². The Kier molecular flexibility index (Phi) is 13.2. The summed E-state index contributed by atoms with van der Waals surface area (Å²) >= 11 is 0. The molecule has 7 nitrogen and oxygen atoms in total. The average Bonchev–Trinajstić information content (AvgIpc) is 2.72. The Labute approximate surface area is 193 Å². The minimum absolute atomic E-state index is 0. The molecule has 1 aliphatic heterocycles. The van der Waals surface area contributed by atoms with Crippen molar-refractivity contribution < 1.29 is 9.47 Å². The van der Waals surface area contributed by atoms with Gasteiger partial charge in [0.05, 0.1) is 19.8 Å². The highest BCUT2D eigenvalue weighted by atomic mass is 127. The van der Waals surface area contributed by atoms with Crippen molar-refractivity contribution in [2.24, 2.45) is 10.9 Å². The molecule has 1 saturated heterocycles. The van der Waals surface area contributed by atoms with Crippen LogP contribution in [0.4, 0.5) is 0 Å². The zero-order valence-corrected chi connectivity index (χ0v) is 20.6. The Morgan fingerprint density at radius 3 is 2.62 bits per heavy atom. The van der Waals surface area contributed by atoms with Crippen LogP contribution in [-0.4, -0.2) is 68.4 Å². The lowest BCUT2D eigenvalue weighted by molar-refractivity contribution is 0.0132. The van der Waals surface area contributed by atoms with Gasteiger partial charge in [-0.2, -0.15) is 0 Å². The molecule has 0 amide bonds. The largest absolute Gasteiger partial charge is 0.478 e. The molecule has 2 heterocycles. The molecule has 0 aliphatic carbocycles. The second kappa shape index (κ2) is 14.8. The number of guanidine groups is 1. The zero-order valence-electron chi connectivity index (χ0n) is 18.3. The number of hydrogen-bond donors (Lipinski definition) is 2. The Morgan fingerprint density at radius 1 is 1.28 bits per heavy atom. The number of ether oxygens (including phenoxy) is 2. The molecule has 0 spiro atoms. The molecule has 1 aliphatic rings. The van der Waals surface area contributed by atoms with E-state index in [0.717, 1.165) is 57.2 Å². The number of nitrogens with one attached hydrogen (secondary N) is 2. The van der Waals surface area contributed by atoms with Crippen molar-refractivity contribution in [1.82, 2.24) is 20.5 Å². The van der Waals surface area contributed by atoms with Crippen LogP contribution in [-0.2, 0) is 11.3 Å². The summed E-state index contributed by atoms with van der Waals surface area (Å²) in [4.78, 5) is 11.2. The highest BCUT2D eigenvalue weighted by Gasteiger charge is 2.22. The summed E-state index contributed by atoms with van der Waals surface area (Å²) in [5.41, 5.74) is 1.10. The molecule has 0 aromatic carbocycles. The van der Waals surface area contributed by atoms with Gasteiger partial charge in [-0.1, -0.05) is 26.8 Å². The van der Waals surface area contributed by atoms with E-state index in [1.54, 1.807) is 0 Å². The van der Waals surface area contributed by atoms with Gasteiger partial charge in [-0.3, -0.25) is 9.89 Å². The van der Waals surface area contributed by atoms with Crippen LogP contribution < -0.4 is 15.4 Å². The maximum absolute atomic E-state index is 5.53. The molecule has 1 atom stereocenters. The molecule has 8 heteroatoms. The molecular formula is C21H38IN5O2. The fourth-order valence-corrected chi connectivity index (χ4v) is 3.28. The predicted octanol–water partition coefficient (Wildman–Crippen LogP) is 2.90. The number of hydrogen-bond acceptors (Lipinski definition) is 5. The van der Waals surface area contributed by atoms with Crippen molar-refractivity contribution in [2.75, 3.05) is 46.5 Å². The number of rotatable bonds is 10. The lowest BCUT2D eigenvalue weighted by atomic mass is 10.0. The molecule has 29 heavy (non-hydrogen) atoms. The monoisotopic (exact) mass is 519 g/mol. The van der Waals surface area contributed by atoms with Crippen LogP contribution in [0.25, 0.3) is 0 Å². The molecular weight excluding hydrogens is 481 g/mol. The van der Waals surface area contributed by atoms with Gasteiger partial charge >= 0.3 is 0 Å². The number of morpholine rings is 1. The van der Waals surface area contributed by atoms with E-state index in [9.17, 15) is 0 Å². The highest BCUT2D eigenvalue weighted by molar-refractivity contribution is 14.0. The molecule has 0 bridgehead atoms. The minimum Gasteiger partial charge on any atom is -0.478 e. The van der Waals surface area contributed by atoms with E-state index < -0.39 is 0 Å². The maximum Gasteiger partial charge on any atom is 0.213 e. The molecule has 0 saturated carbocycles. The first-order valence-electron chi connectivity index (χ1n) is 10.5. The Balaban J connectivity index is 0.00000420. The van der Waals surface area contributed by atoms with E-state index in [1.807, 2.05) is 25.4 Å². The molecule has 1 fully saturated rings. The van der Waals surface area contributed by atoms with Gasteiger partial charge in [-0.15, -0.1) is 24.0 Å². The van der Waals surface area contributed by atoms with Gasteiger partial charge in [-0.25, -0.2) is 4.98 Å². The van der Waals surface area contributed by atoms with Gasteiger partial charge in [-0.05, 0) is 24.3 Å². The third kappa shape index (κ3) is 9.95. The van der Waals surface area contributed by atoms with Gasteiger partial charge in [0.15, 0.2) is 5.96 Å². The molecule has 1 aromatic rings. The fraction of sp³-hybridized carbons (Fsp3) is 0.714. The third-order valence-electron chi connectivity index (χ3n) is 4.75. The third-order valence-corrected chi connectivity index (χ3v) is 4.75. The number of pyridine rings is 1. The van der Waals surface area contributed by atoms with Crippen molar-refractivity contribution >= 4 is 29.9 Å². The molecule has 2 N–H and O–H groups in total. The topological polar surface area (TPSA) is 71.0 Å². The second-order valence-electron chi connectivity index (χ2n) is 7.59. The normalized spacial score (nSPS) is 16.2. The van der Waals surface area contributed by atoms with E-state index in [4.69, 9.17) is 9.47 Å². The molecule has 166 valence electrons. The average molecular weight is 519 g/mol. The summed E-state index contributed by atoms with van der Waals surface area (Å²) in [6, 6.07) is 4.44. The van der Waals surface area contributed by atoms with Crippen molar-refractivity contribution in [3.8, 4) is 5.88 Å². The van der Waals surface area contributed by atoms with Crippen LogP contribution in [0.5, 0.6) is 5.88 Å². The smallest absolute Gasteiger partial charge is 0.213 e. The van der Waals surface area contributed by atoms with Crippen molar-refractivity contribution in [3.05, 3.63) is 23.9 Å². The van der Waals surface area contributed by atoms with Crippen LogP contribution in [0, 0.1) is 5.92 Å². The van der Waals surface area contributed by atoms with E-state index >= 15 is 0 Å². The SMILES string of the molecule is CCCOc1ccc(CNC(=NC)NCC(CC(C)C)N2CCOCC2)cn1.I. The van der Waals surface area contributed by atoms with E-state index in [2.05, 4.69) is 46.3 Å². The van der Waals surface area contributed by atoms with Crippen molar-refractivity contribution in [3.63, 3.8) is 0 Å². The summed E-state index contributed by atoms with van der Waals surface area (Å²) < 4.78 is 11.0. The van der Waals surface area contributed by atoms with E-state index in [1.165, 1.54) is 0 Å². The van der Waals surface area contributed by atoms with Crippen molar-refractivity contribution in [1.29, 1.82) is 0 Å². The first kappa shape index (κ1) is 25.9. The lowest BCUT2D eigenvalue weighted by Crippen LogP contribution is -2.50. The highest BCUT2D eigenvalue weighted by Crippen LogP contribution is 2.13. The van der Waals surface area contributed by atoms with Gasteiger partial charge in [0, 0.05) is 51.5 Å². The van der Waals surface area contributed by atoms with E-state index in [0.29, 0.717) is 31.0 Å². The van der Waals surface area contributed by atoms with Gasteiger partial charge in [0.25, 0.3) is 0 Å². The Morgan fingerprint density at radius 2 is 2.03 bits per heavy atom. The molecule has 2 rings (SSSR count).